The number of carbonyl (C=O) groups excluding carboxylic acids is 1. The molecule has 1 spiro atoms. The van der Waals surface area contributed by atoms with Crippen LogP contribution < -0.4 is 0 Å². The van der Waals surface area contributed by atoms with Crippen molar-refractivity contribution in [3.05, 3.63) is 58.6 Å². The SMILES string of the molecule is Cc1ccc(-c2ccc(Cl)cc2)cc1C1COC2(CCC(OCC(F)(F)F)CC2)C1=O. The number of benzene rings is 2. The van der Waals surface area contributed by atoms with E-state index >= 15 is 0 Å². The van der Waals surface area contributed by atoms with E-state index in [2.05, 4.69) is 0 Å². The summed E-state index contributed by atoms with van der Waals surface area (Å²) in [7, 11) is 0. The van der Waals surface area contributed by atoms with Gasteiger partial charge in [-0.2, -0.15) is 13.2 Å². The number of ether oxygens (including phenoxy) is 2. The molecule has 2 aliphatic rings. The predicted molar refractivity (Wildman–Crippen MR) is 112 cm³/mol. The number of alkyl halides is 3. The maximum Gasteiger partial charge on any atom is 0.411 e. The average molecular weight is 453 g/mol. The lowest BCUT2D eigenvalue weighted by atomic mass is 9.76. The first-order valence-corrected chi connectivity index (χ1v) is 10.8. The standard InChI is InChI=1S/C24H24ClF3O3/c1-15-2-3-17(16-4-6-18(25)7-5-16)12-20(15)21-13-31-23(22(21)29)10-8-19(9-11-23)30-14-24(26,27)28/h2-7,12,19,21H,8-11,13-14H2,1H3. The molecule has 2 aromatic carbocycles. The van der Waals surface area contributed by atoms with Crippen LogP contribution in [0.2, 0.25) is 5.02 Å². The van der Waals surface area contributed by atoms with Gasteiger partial charge in [-0.3, -0.25) is 4.79 Å². The molecule has 1 saturated carbocycles. The first-order valence-electron chi connectivity index (χ1n) is 10.4. The second-order valence-corrected chi connectivity index (χ2v) is 8.86. The molecule has 0 bridgehead atoms. The van der Waals surface area contributed by atoms with Gasteiger partial charge in [0, 0.05) is 5.02 Å². The molecule has 3 nitrogen and oxygen atoms in total. The maximum absolute atomic E-state index is 13.4. The lowest BCUT2D eigenvalue weighted by Crippen LogP contribution is -2.43. The van der Waals surface area contributed by atoms with Gasteiger partial charge in [0.25, 0.3) is 0 Å². The summed E-state index contributed by atoms with van der Waals surface area (Å²) < 4.78 is 48.2. The van der Waals surface area contributed by atoms with Gasteiger partial charge >= 0.3 is 6.18 Å². The van der Waals surface area contributed by atoms with Gasteiger partial charge in [-0.05, 0) is 67.0 Å². The first-order chi connectivity index (χ1) is 14.7. The van der Waals surface area contributed by atoms with E-state index in [1.54, 1.807) is 0 Å². The van der Waals surface area contributed by atoms with Crippen LogP contribution in [0.4, 0.5) is 13.2 Å². The van der Waals surface area contributed by atoms with Crippen molar-refractivity contribution >= 4 is 17.4 Å². The van der Waals surface area contributed by atoms with E-state index in [9.17, 15) is 18.0 Å². The summed E-state index contributed by atoms with van der Waals surface area (Å²) in [5.41, 5.74) is 3.04. The molecule has 4 rings (SSSR count). The van der Waals surface area contributed by atoms with E-state index in [-0.39, 0.29) is 18.3 Å². The minimum Gasteiger partial charge on any atom is -0.369 e. The number of rotatable bonds is 4. The molecule has 1 saturated heterocycles. The lowest BCUT2D eigenvalue weighted by molar-refractivity contribution is -0.192. The van der Waals surface area contributed by atoms with Crippen LogP contribution in [-0.2, 0) is 14.3 Å². The molecular weight excluding hydrogens is 429 g/mol. The van der Waals surface area contributed by atoms with Gasteiger partial charge < -0.3 is 9.47 Å². The molecule has 7 heteroatoms. The Labute approximate surface area is 184 Å². The van der Waals surface area contributed by atoms with Crippen LogP contribution in [-0.4, -0.2) is 36.9 Å². The quantitative estimate of drug-likeness (QED) is 0.549. The smallest absolute Gasteiger partial charge is 0.369 e. The molecule has 2 fully saturated rings. The molecule has 0 N–H and O–H groups in total. The molecule has 31 heavy (non-hydrogen) atoms. The van der Waals surface area contributed by atoms with Gasteiger partial charge in [0.15, 0.2) is 5.78 Å². The molecule has 1 heterocycles. The predicted octanol–water partition coefficient (Wildman–Crippen LogP) is 6.26. The van der Waals surface area contributed by atoms with Gasteiger partial charge in [-0.15, -0.1) is 0 Å². The van der Waals surface area contributed by atoms with E-state index in [4.69, 9.17) is 21.1 Å². The summed E-state index contributed by atoms with van der Waals surface area (Å²) in [5, 5.41) is 0.659. The maximum atomic E-state index is 13.4. The third-order valence-corrected chi connectivity index (χ3v) is 6.60. The normalized spacial score (nSPS) is 26.5. The Hall–Kier alpha value is -1.89. The molecule has 166 valence electrons. The molecule has 2 aromatic rings. The van der Waals surface area contributed by atoms with Crippen molar-refractivity contribution in [1.82, 2.24) is 0 Å². The third kappa shape index (κ3) is 4.81. The number of ketones is 1. The highest BCUT2D eigenvalue weighted by molar-refractivity contribution is 6.30. The van der Waals surface area contributed by atoms with Crippen LogP contribution in [0.25, 0.3) is 11.1 Å². The minimum absolute atomic E-state index is 0.0260. The van der Waals surface area contributed by atoms with Crippen molar-refractivity contribution in [3.8, 4) is 11.1 Å². The van der Waals surface area contributed by atoms with E-state index in [0.717, 1.165) is 22.3 Å². The number of hydrogen-bond acceptors (Lipinski definition) is 3. The van der Waals surface area contributed by atoms with Gasteiger partial charge in [-0.1, -0.05) is 41.9 Å². The summed E-state index contributed by atoms with van der Waals surface area (Å²) in [6.07, 6.45) is -3.28. The van der Waals surface area contributed by atoms with Gasteiger partial charge in [0.05, 0.1) is 18.6 Å². The van der Waals surface area contributed by atoms with E-state index < -0.39 is 24.5 Å². The zero-order valence-corrected chi connectivity index (χ0v) is 17.9. The fourth-order valence-electron chi connectivity index (χ4n) is 4.60. The summed E-state index contributed by atoms with van der Waals surface area (Å²) in [6, 6.07) is 13.6. The Bertz CT molecular complexity index is 948. The Balaban J connectivity index is 1.48. The van der Waals surface area contributed by atoms with Crippen molar-refractivity contribution in [3.63, 3.8) is 0 Å². The second kappa shape index (κ2) is 8.57. The van der Waals surface area contributed by atoms with Gasteiger partial charge in [0.2, 0.25) is 0 Å². The fourth-order valence-corrected chi connectivity index (χ4v) is 4.73. The van der Waals surface area contributed by atoms with Gasteiger partial charge in [-0.25, -0.2) is 0 Å². The van der Waals surface area contributed by atoms with Crippen LogP contribution in [0.15, 0.2) is 42.5 Å². The molecule has 0 aromatic heterocycles. The van der Waals surface area contributed by atoms with Crippen LogP contribution in [0.5, 0.6) is 0 Å². The monoisotopic (exact) mass is 452 g/mol. The average Bonchev–Trinajstić information content (AvgIpc) is 3.04. The van der Waals surface area contributed by atoms with E-state index in [1.807, 2.05) is 49.4 Å². The molecule has 1 atom stereocenters. The molecule has 0 amide bonds. The minimum atomic E-state index is -4.34. The number of hydrogen-bond donors (Lipinski definition) is 0. The van der Waals surface area contributed by atoms with Crippen LogP contribution in [0.3, 0.4) is 0 Å². The Morgan fingerprint density at radius 3 is 2.39 bits per heavy atom. The largest absolute Gasteiger partial charge is 0.411 e. The highest BCUT2D eigenvalue weighted by Crippen LogP contribution is 2.44. The van der Waals surface area contributed by atoms with Crippen molar-refractivity contribution in [2.45, 2.75) is 56.4 Å². The van der Waals surface area contributed by atoms with Crippen molar-refractivity contribution in [1.29, 1.82) is 0 Å². The fraction of sp³-hybridized carbons (Fsp3) is 0.458. The molecule has 1 aliphatic heterocycles. The molecule has 0 radical (unpaired) electrons. The summed E-state index contributed by atoms with van der Waals surface area (Å²) >= 11 is 5.99. The third-order valence-electron chi connectivity index (χ3n) is 6.35. The number of aryl methyl sites for hydroxylation is 1. The topological polar surface area (TPSA) is 35.5 Å². The van der Waals surface area contributed by atoms with Crippen LogP contribution >= 0.6 is 11.6 Å². The molecule has 1 aliphatic carbocycles. The Kier molecular flexibility index (Phi) is 6.16. The first kappa shape index (κ1) is 22.3. The highest BCUT2D eigenvalue weighted by Gasteiger charge is 2.51. The number of halogens is 4. The zero-order chi connectivity index (χ0) is 22.2. The molecule has 1 unspecified atom stereocenters. The van der Waals surface area contributed by atoms with Crippen molar-refractivity contribution in [2.75, 3.05) is 13.2 Å². The molecular formula is C24H24ClF3O3. The van der Waals surface area contributed by atoms with Crippen LogP contribution in [0.1, 0.15) is 42.7 Å². The van der Waals surface area contributed by atoms with E-state index in [0.29, 0.717) is 30.7 Å². The lowest BCUT2D eigenvalue weighted by Gasteiger charge is -2.35. The summed E-state index contributed by atoms with van der Waals surface area (Å²) in [5.74, 6) is -0.349. The number of carbonyl (C=O) groups is 1. The highest BCUT2D eigenvalue weighted by atomic mass is 35.5. The van der Waals surface area contributed by atoms with Crippen molar-refractivity contribution < 1.29 is 27.4 Å². The summed E-state index contributed by atoms with van der Waals surface area (Å²) in [4.78, 5) is 13.4. The van der Waals surface area contributed by atoms with Gasteiger partial charge in [0.1, 0.15) is 12.2 Å². The number of Topliss-reactive ketones (excluding diaryl/α,β-unsaturated/α-hetero) is 1. The Morgan fingerprint density at radius 1 is 1.10 bits per heavy atom. The second-order valence-electron chi connectivity index (χ2n) is 8.43. The van der Waals surface area contributed by atoms with Crippen LogP contribution in [0, 0.1) is 6.92 Å². The van der Waals surface area contributed by atoms with E-state index in [1.165, 1.54) is 0 Å². The zero-order valence-electron chi connectivity index (χ0n) is 17.2. The Morgan fingerprint density at radius 2 is 1.74 bits per heavy atom. The van der Waals surface area contributed by atoms with Crippen molar-refractivity contribution in [2.24, 2.45) is 0 Å². The summed E-state index contributed by atoms with van der Waals surface area (Å²) in [6.45, 7) is 1.01.